The van der Waals surface area contributed by atoms with Gasteiger partial charge in [0.15, 0.2) is 0 Å². The Morgan fingerprint density at radius 1 is 1.20 bits per heavy atom. The van der Waals surface area contributed by atoms with Gasteiger partial charge in [0, 0.05) is 24.9 Å². The second-order valence-electron chi connectivity index (χ2n) is 6.49. The van der Waals surface area contributed by atoms with Crippen LogP contribution in [-0.4, -0.2) is 37.2 Å². The van der Waals surface area contributed by atoms with Crippen molar-refractivity contribution < 1.29 is 14.3 Å². The zero-order valence-corrected chi connectivity index (χ0v) is 14.3. The average Bonchev–Trinajstić information content (AvgIpc) is 3.17. The van der Waals surface area contributed by atoms with E-state index in [0.29, 0.717) is 12.2 Å². The van der Waals surface area contributed by atoms with E-state index in [1.54, 1.807) is 4.90 Å². The van der Waals surface area contributed by atoms with Gasteiger partial charge in [-0.2, -0.15) is 0 Å². The van der Waals surface area contributed by atoms with Crippen molar-refractivity contribution in [2.75, 3.05) is 25.6 Å². The molecule has 2 aliphatic heterocycles. The third kappa shape index (κ3) is 3.07. The predicted octanol–water partition coefficient (Wildman–Crippen LogP) is 3.44. The predicted molar refractivity (Wildman–Crippen MR) is 95.8 cm³/mol. The molecule has 0 saturated carbocycles. The molecule has 0 bridgehead atoms. The molecular weight excluding hydrogens is 316 g/mol. The molecule has 0 aromatic heterocycles. The van der Waals surface area contributed by atoms with Crippen molar-refractivity contribution in [3.8, 4) is 5.75 Å². The molecule has 2 unspecified atom stereocenters. The number of benzene rings is 2. The first-order valence-corrected chi connectivity index (χ1v) is 8.70. The van der Waals surface area contributed by atoms with Crippen molar-refractivity contribution in [1.29, 1.82) is 0 Å². The van der Waals surface area contributed by atoms with E-state index in [1.165, 1.54) is 0 Å². The van der Waals surface area contributed by atoms with Crippen LogP contribution in [0, 0.1) is 0 Å². The molecule has 2 atom stereocenters. The highest BCUT2D eigenvalue weighted by Gasteiger charge is 2.31. The Morgan fingerprint density at radius 3 is 2.84 bits per heavy atom. The molecule has 25 heavy (non-hydrogen) atoms. The highest BCUT2D eigenvalue weighted by molar-refractivity contribution is 6.01. The molecule has 1 saturated heterocycles. The van der Waals surface area contributed by atoms with Gasteiger partial charge in [0.2, 0.25) is 0 Å². The van der Waals surface area contributed by atoms with Gasteiger partial charge in [0.25, 0.3) is 5.91 Å². The average molecular weight is 338 g/mol. The van der Waals surface area contributed by atoms with Crippen LogP contribution in [-0.2, 0) is 4.74 Å². The zero-order chi connectivity index (χ0) is 17.2. The lowest BCUT2D eigenvalue weighted by Gasteiger charge is -2.36. The minimum atomic E-state index is -0.261. The third-order valence-electron chi connectivity index (χ3n) is 4.82. The Balaban J connectivity index is 1.60. The molecule has 5 heteroatoms. The first-order valence-electron chi connectivity index (χ1n) is 8.70. The van der Waals surface area contributed by atoms with E-state index in [4.69, 9.17) is 9.47 Å². The number of anilines is 1. The first kappa shape index (κ1) is 16.0. The number of fused-ring (bicyclic) bond motifs is 1. The Bertz CT molecular complexity index is 771. The molecule has 2 aromatic carbocycles. The number of rotatable bonds is 4. The van der Waals surface area contributed by atoms with Gasteiger partial charge < -0.3 is 19.7 Å². The first-order chi connectivity index (χ1) is 12.2. The fraction of sp³-hybridized carbons (Fsp3) is 0.350. The molecule has 5 nitrogen and oxygen atoms in total. The Kier molecular flexibility index (Phi) is 4.32. The molecular formula is C20H22N2O3. The summed E-state index contributed by atoms with van der Waals surface area (Å²) in [5.74, 6) is 0.794. The second kappa shape index (κ2) is 6.76. The van der Waals surface area contributed by atoms with E-state index in [2.05, 4.69) is 5.32 Å². The van der Waals surface area contributed by atoms with Crippen LogP contribution in [0.25, 0.3) is 0 Å². The highest BCUT2D eigenvalue weighted by Crippen LogP contribution is 2.35. The van der Waals surface area contributed by atoms with E-state index in [0.717, 1.165) is 36.4 Å². The van der Waals surface area contributed by atoms with Gasteiger partial charge in [-0.3, -0.25) is 4.79 Å². The van der Waals surface area contributed by atoms with Crippen LogP contribution in [0.1, 0.15) is 34.9 Å². The Labute approximate surface area is 147 Å². The van der Waals surface area contributed by atoms with E-state index >= 15 is 0 Å². The van der Waals surface area contributed by atoms with Crippen molar-refractivity contribution >= 4 is 11.6 Å². The van der Waals surface area contributed by atoms with Gasteiger partial charge in [-0.25, -0.2) is 0 Å². The van der Waals surface area contributed by atoms with Gasteiger partial charge in [0.1, 0.15) is 18.5 Å². The fourth-order valence-electron chi connectivity index (χ4n) is 3.43. The largest absolute Gasteiger partial charge is 0.490 e. The smallest absolute Gasteiger partial charge is 0.257 e. The van der Waals surface area contributed by atoms with Crippen molar-refractivity contribution in [1.82, 2.24) is 4.90 Å². The van der Waals surface area contributed by atoms with Crippen LogP contribution in [0.3, 0.4) is 0 Å². The SMILES string of the molecule is CN1C(=O)c2ccccc2NC1c1ccccc1OCC1CCCO1. The van der Waals surface area contributed by atoms with Gasteiger partial charge in [-0.1, -0.05) is 30.3 Å². The van der Waals surface area contributed by atoms with Crippen LogP contribution >= 0.6 is 0 Å². The number of carbonyl (C=O) groups excluding carboxylic acids is 1. The maximum Gasteiger partial charge on any atom is 0.257 e. The molecule has 4 rings (SSSR count). The standard InChI is InChI=1S/C20H22N2O3/c1-22-19(21-17-10-4-2-8-15(17)20(22)23)16-9-3-5-11-18(16)25-13-14-7-6-12-24-14/h2-5,8-11,14,19,21H,6-7,12-13H2,1H3. The van der Waals surface area contributed by atoms with Gasteiger partial charge in [0.05, 0.1) is 11.7 Å². The fourth-order valence-corrected chi connectivity index (χ4v) is 3.43. The van der Waals surface area contributed by atoms with Crippen LogP contribution in [0.5, 0.6) is 5.75 Å². The lowest BCUT2D eigenvalue weighted by Crippen LogP contribution is -2.40. The number of para-hydroxylation sites is 2. The summed E-state index contributed by atoms with van der Waals surface area (Å²) in [6.07, 6.45) is 2.03. The van der Waals surface area contributed by atoms with E-state index in [-0.39, 0.29) is 18.2 Å². The lowest BCUT2D eigenvalue weighted by atomic mass is 10.0. The molecule has 1 N–H and O–H groups in total. The number of hydrogen-bond donors (Lipinski definition) is 1. The summed E-state index contributed by atoms with van der Waals surface area (Å²) >= 11 is 0. The minimum absolute atomic E-state index is 0.00767. The van der Waals surface area contributed by atoms with Gasteiger partial charge >= 0.3 is 0 Å². The monoisotopic (exact) mass is 338 g/mol. The number of nitrogens with one attached hydrogen (secondary N) is 1. The van der Waals surface area contributed by atoms with E-state index < -0.39 is 0 Å². The highest BCUT2D eigenvalue weighted by atomic mass is 16.5. The zero-order valence-electron chi connectivity index (χ0n) is 14.3. The number of amides is 1. The van der Waals surface area contributed by atoms with E-state index in [1.807, 2.05) is 55.6 Å². The third-order valence-corrected chi connectivity index (χ3v) is 4.82. The van der Waals surface area contributed by atoms with Gasteiger partial charge in [-0.15, -0.1) is 0 Å². The van der Waals surface area contributed by atoms with Crippen molar-refractivity contribution in [2.45, 2.75) is 25.1 Å². The maximum atomic E-state index is 12.7. The lowest BCUT2D eigenvalue weighted by molar-refractivity contribution is 0.0655. The summed E-state index contributed by atoms with van der Waals surface area (Å²) in [5, 5.41) is 3.46. The van der Waals surface area contributed by atoms with Crippen LogP contribution in [0.4, 0.5) is 5.69 Å². The summed E-state index contributed by atoms with van der Waals surface area (Å²) in [6.45, 7) is 1.35. The molecule has 0 aliphatic carbocycles. The summed E-state index contributed by atoms with van der Waals surface area (Å²) in [6, 6.07) is 15.5. The number of carbonyl (C=O) groups is 1. The summed E-state index contributed by atoms with van der Waals surface area (Å²) in [7, 11) is 1.81. The molecule has 130 valence electrons. The minimum Gasteiger partial charge on any atom is -0.490 e. The van der Waals surface area contributed by atoms with Crippen molar-refractivity contribution in [3.63, 3.8) is 0 Å². The topological polar surface area (TPSA) is 50.8 Å². The van der Waals surface area contributed by atoms with Gasteiger partial charge in [-0.05, 0) is 31.0 Å². The molecule has 1 amide bonds. The molecule has 2 heterocycles. The summed E-state index contributed by atoms with van der Waals surface area (Å²) in [4.78, 5) is 14.4. The summed E-state index contributed by atoms with van der Waals surface area (Å²) in [5.41, 5.74) is 2.49. The van der Waals surface area contributed by atoms with Crippen molar-refractivity contribution in [2.24, 2.45) is 0 Å². The number of hydrogen-bond acceptors (Lipinski definition) is 4. The molecule has 2 aromatic rings. The quantitative estimate of drug-likeness (QED) is 0.928. The van der Waals surface area contributed by atoms with E-state index in [9.17, 15) is 4.79 Å². The molecule has 1 fully saturated rings. The second-order valence-corrected chi connectivity index (χ2v) is 6.49. The normalized spacial score (nSPS) is 22.4. The molecule has 2 aliphatic rings. The Morgan fingerprint density at radius 2 is 2.00 bits per heavy atom. The summed E-state index contributed by atoms with van der Waals surface area (Å²) < 4.78 is 11.7. The molecule has 0 spiro atoms. The Hall–Kier alpha value is -2.53. The maximum absolute atomic E-state index is 12.7. The van der Waals surface area contributed by atoms with Crippen LogP contribution in [0.2, 0.25) is 0 Å². The molecule has 0 radical (unpaired) electrons. The van der Waals surface area contributed by atoms with Crippen LogP contribution in [0.15, 0.2) is 48.5 Å². The van der Waals surface area contributed by atoms with Crippen molar-refractivity contribution in [3.05, 3.63) is 59.7 Å². The number of nitrogens with zero attached hydrogens (tertiary/aromatic N) is 1. The number of ether oxygens (including phenoxy) is 2. The van der Waals surface area contributed by atoms with Crippen LogP contribution < -0.4 is 10.1 Å².